The third-order valence-corrected chi connectivity index (χ3v) is 4.60. The molecule has 27 heavy (non-hydrogen) atoms. The van der Waals surface area contributed by atoms with Crippen LogP contribution >= 0.6 is 11.6 Å². The summed E-state index contributed by atoms with van der Waals surface area (Å²) in [5.74, 6) is 1.19. The van der Waals surface area contributed by atoms with Crippen molar-refractivity contribution in [2.75, 3.05) is 12.4 Å². The first-order valence-electron chi connectivity index (χ1n) is 9.00. The third kappa shape index (κ3) is 5.25. The molecule has 1 aromatic heterocycles. The van der Waals surface area contributed by atoms with E-state index in [0.29, 0.717) is 34.2 Å². The van der Waals surface area contributed by atoms with Crippen LogP contribution in [-0.4, -0.2) is 34.5 Å². The van der Waals surface area contributed by atoms with E-state index >= 15 is 0 Å². The second-order valence-electron chi connectivity index (χ2n) is 6.28. The van der Waals surface area contributed by atoms with Crippen molar-refractivity contribution in [1.29, 1.82) is 0 Å². The molecule has 6 nitrogen and oxygen atoms in total. The van der Waals surface area contributed by atoms with E-state index in [1.165, 1.54) is 7.11 Å². The lowest BCUT2D eigenvalue weighted by atomic mass is 10.0. The minimum absolute atomic E-state index is 0.139. The first-order chi connectivity index (χ1) is 12.9. The van der Waals surface area contributed by atoms with Gasteiger partial charge in [-0.25, -0.2) is 4.98 Å². The molecule has 0 aliphatic carbocycles. The zero-order chi connectivity index (χ0) is 20.0. The number of aryl methyl sites for hydroxylation is 1. The molecule has 2 unspecified atom stereocenters. The molecule has 1 aromatic carbocycles. The van der Waals surface area contributed by atoms with Gasteiger partial charge in [-0.2, -0.15) is 0 Å². The van der Waals surface area contributed by atoms with E-state index in [1.54, 1.807) is 18.2 Å². The van der Waals surface area contributed by atoms with Crippen molar-refractivity contribution in [2.45, 2.75) is 52.4 Å². The summed E-state index contributed by atoms with van der Waals surface area (Å²) in [5, 5.41) is 24.0. The minimum atomic E-state index is -0.490. The van der Waals surface area contributed by atoms with Crippen molar-refractivity contribution in [1.82, 2.24) is 4.98 Å². The molecule has 0 bridgehead atoms. The smallest absolute Gasteiger partial charge is 0.227 e. The molecule has 7 heteroatoms. The lowest BCUT2D eigenvalue weighted by Gasteiger charge is -2.25. The predicted octanol–water partition coefficient (Wildman–Crippen LogP) is 4.30. The lowest BCUT2D eigenvalue weighted by Crippen LogP contribution is -2.33. The molecule has 2 aromatic rings. The summed E-state index contributed by atoms with van der Waals surface area (Å²) in [6, 6.07) is 6.73. The highest BCUT2D eigenvalue weighted by Crippen LogP contribution is 2.36. The van der Waals surface area contributed by atoms with Gasteiger partial charge >= 0.3 is 0 Å². The number of pyridine rings is 1. The van der Waals surface area contributed by atoms with Crippen LogP contribution in [0.1, 0.15) is 37.9 Å². The molecule has 0 amide bonds. The van der Waals surface area contributed by atoms with Crippen molar-refractivity contribution < 1.29 is 19.7 Å². The van der Waals surface area contributed by atoms with Crippen LogP contribution in [0.2, 0.25) is 5.02 Å². The molecule has 0 spiro atoms. The topological polar surface area (TPSA) is 83.8 Å². The van der Waals surface area contributed by atoms with Gasteiger partial charge in [0.05, 0.1) is 31.4 Å². The predicted molar refractivity (Wildman–Crippen MR) is 107 cm³/mol. The van der Waals surface area contributed by atoms with E-state index in [1.807, 2.05) is 26.8 Å². The first kappa shape index (κ1) is 21.3. The number of halogens is 1. The number of anilines is 1. The highest BCUT2D eigenvalue weighted by molar-refractivity contribution is 6.30. The molecule has 0 radical (unpaired) electrons. The Morgan fingerprint density at radius 3 is 2.52 bits per heavy atom. The van der Waals surface area contributed by atoms with Crippen LogP contribution in [0, 0.1) is 6.92 Å². The number of hydrogen-bond acceptors (Lipinski definition) is 6. The number of benzene rings is 1. The van der Waals surface area contributed by atoms with E-state index < -0.39 is 6.10 Å². The van der Waals surface area contributed by atoms with E-state index in [-0.39, 0.29) is 18.5 Å². The van der Waals surface area contributed by atoms with Crippen molar-refractivity contribution in [3.8, 4) is 17.4 Å². The fourth-order valence-electron chi connectivity index (χ4n) is 2.82. The number of aliphatic hydroxyl groups excluding tert-OH is 2. The van der Waals surface area contributed by atoms with Crippen LogP contribution < -0.4 is 14.8 Å². The van der Waals surface area contributed by atoms with Gasteiger partial charge in [-0.05, 0) is 38.0 Å². The van der Waals surface area contributed by atoms with Gasteiger partial charge in [0.15, 0.2) is 11.5 Å². The Balaban J connectivity index is 2.42. The summed E-state index contributed by atoms with van der Waals surface area (Å²) < 4.78 is 11.3. The molecule has 2 atom stereocenters. The van der Waals surface area contributed by atoms with Gasteiger partial charge in [-0.15, -0.1) is 0 Å². The van der Waals surface area contributed by atoms with Crippen molar-refractivity contribution in [3.05, 3.63) is 40.5 Å². The molecule has 0 saturated carbocycles. The Kier molecular flexibility index (Phi) is 7.71. The van der Waals surface area contributed by atoms with Crippen molar-refractivity contribution in [2.24, 2.45) is 0 Å². The lowest BCUT2D eigenvalue weighted by molar-refractivity contribution is 0.146. The van der Waals surface area contributed by atoms with E-state index in [9.17, 15) is 10.2 Å². The molecule has 1 heterocycles. The maximum atomic E-state index is 10.2. The van der Waals surface area contributed by atoms with Crippen molar-refractivity contribution >= 4 is 17.3 Å². The number of hydrogen-bond donors (Lipinski definition) is 3. The molecule has 0 aliphatic heterocycles. The Labute approximate surface area is 165 Å². The molecule has 148 valence electrons. The highest BCUT2D eigenvalue weighted by Gasteiger charge is 2.20. The van der Waals surface area contributed by atoms with Gasteiger partial charge < -0.3 is 25.0 Å². The van der Waals surface area contributed by atoms with E-state index in [0.717, 1.165) is 12.1 Å². The normalized spacial score (nSPS) is 13.1. The van der Waals surface area contributed by atoms with Crippen LogP contribution in [0.25, 0.3) is 0 Å². The van der Waals surface area contributed by atoms with Crippen LogP contribution in [0.4, 0.5) is 5.69 Å². The van der Waals surface area contributed by atoms with Crippen LogP contribution in [0.5, 0.6) is 17.4 Å². The Hall–Kier alpha value is -2.02. The average Bonchev–Trinajstić information content (AvgIpc) is 2.66. The summed E-state index contributed by atoms with van der Waals surface area (Å²) in [7, 11) is 1.53. The van der Waals surface area contributed by atoms with Crippen LogP contribution in [0.3, 0.4) is 0 Å². The molecule has 0 saturated heterocycles. The van der Waals surface area contributed by atoms with Crippen LogP contribution in [-0.2, 0) is 6.61 Å². The Morgan fingerprint density at radius 2 is 1.93 bits per heavy atom. The van der Waals surface area contributed by atoms with Crippen molar-refractivity contribution in [3.63, 3.8) is 0 Å². The van der Waals surface area contributed by atoms with E-state index in [4.69, 9.17) is 21.1 Å². The molecular formula is C20H27ClN2O4. The highest BCUT2D eigenvalue weighted by atomic mass is 35.5. The minimum Gasteiger partial charge on any atom is -0.493 e. The summed E-state index contributed by atoms with van der Waals surface area (Å²) in [6.45, 7) is 5.51. The summed E-state index contributed by atoms with van der Waals surface area (Å²) >= 11 is 6.00. The number of aliphatic hydroxyl groups is 2. The summed E-state index contributed by atoms with van der Waals surface area (Å²) in [5.41, 5.74) is 1.92. The fraction of sp³-hybridized carbons (Fsp3) is 0.450. The maximum absolute atomic E-state index is 10.2. The van der Waals surface area contributed by atoms with Gasteiger partial charge in [0, 0.05) is 22.5 Å². The van der Waals surface area contributed by atoms with Gasteiger partial charge in [-0.1, -0.05) is 25.4 Å². The zero-order valence-electron chi connectivity index (χ0n) is 16.1. The van der Waals surface area contributed by atoms with Gasteiger partial charge in [-0.3, -0.25) is 0 Å². The number of methoxy groups -OCH3 is 1. The molecule has 3 N–H and O–H groups in total. The molecule has 0 fully saturated rings. The zero-order valence-corrected chi connectivity index (χ0v) is 16.9. The van der Waals surface area contributed by atoms with Gasteiger partial charge in [0.25, 0.3) is 0 Å². The van der Waals surface area contributed by atoms with Gasteiger partial charge in [0.2, 0.25) is 5.88 Å². The Morgan fingerprint density at radius 1 is 1.19 bits per heavy atom. The molecule has 0 aliphatic rings. The number of nitrogens with zero attached hydrogens (tertiary/aromatic N) is 1. The number of rotatable bonds is 9. The second-order valence-corrected chi connectivity index (χ2v) is 6.72. The largest absolute Gasteiger partial charge is 0.493 e. The average molecular weight is 395 g/mol. The van der Waals surface area contributed by atoms with Gasteiger partial charge in [0.1, 0.15) is 0 Å². The summed E-state index contributed by atoms with van der Waals surface area (Å²) in [4.78, 5) is 4.42. The number of aromatic nitrogens is 1. The van der Waals surface area contributed by atoms with E-state index in [2.05, 4.69) is 10.3 Å². The van der Waals surface area contributed by atoms with Crippen LogP contribution in [0.15, 0.2) is 24.3 Å². The fourth-order valence-corrected chi connectivity index (χ4v) is 2.98. The first-order valence-corrected chi connectivity index (χ1v) is 9.38. The quantitative estimate of drug-likeness (QED) is 0.588. The molecular weight excluding hydrogens is 368 g/mol. The third-order valence-electron chi connectivity index (χ3n) is 4.37. The summed E-state index contributed by atoms with van der Waals surface area (Å²) in [6.07, 6.45) is 0.883. The number of nitrogens with one attached hydrogen (secondary N) is 1. The number of ether oxygens (including phenoxy) is 2. The second kappa shape index (κ2) is 9.78. The SMILES string of the molecule is CCC(O)C(CC)Nc1cc(C)nc(Oc2ccc(Cl)cc2OC)c1CO. The maximum Gasteiger partial charge on any atom is 0.227 e. The Bertz CT molecular complexity index is 770. The standard InChI is InChI=1S/C20H27ClN2O4/c1-5-15(17(25)6-2)23-16-9-12(3)22-20(14(16)11-24)27-18-8-7-13(21)10-19(18)26-4/h7-10,15,17,24-25H,5-6,11H2,1-4H3,(H,22,23). The molecule has 2 rings (SSSR count). The monoisotopic (exact) mass is 394 g/mol.